The van der Waals surface area contributed by atoms with Gasteiger partial charge in [0.1, 0.15) is 18.2 Å². The molecular formula is C15H10ClFN2O2. The number of rotatable bonds is 3. The van der Waals surface area contributed by atoms with Gasteiger partial charge in [-0.2, -0.15) is 0 Å². The summed E-state index contributed by atoms with van der Waals surface area (Å²) in [6.07, 6.45) is 0. The number of para-hydroxylation sites is 2. The summed E-state index contributed by atoms with van der Waals surface area (Å²) in [6, 6.07) is 11.2. The van der Waals surface area contributed by atoms with Crippen molar-refractivity contribution < 1.29 is 14.3 Å². The minimum Gasteiger partial charge on any atom is -0.480 e. The molecule has 1 N–H and O–H groups in total. The van der Waals surface area contributed by atoms with E-state index < -0.39 is 11.8 Å². The molecule has 2 aromatic carbocycles. The van der Waals surface area contributed by atoms with E-state index >= 15 is 0 Å². The van der Waals surface area contributed by atoms with Crippen molar-refractivity contribution in [2.75, 3.05) is 0 Å². The van der Waals surface area contributed by atoms with Gasteiger partial charge < -0.3 is 9.67 Å². The van der Waals surface area contributed by atoms with Crippen LogP contribution >= 0.6 is 11.6 Å². The summed E-state index contributed by atoms with van der Waals surface area (Å²) in [5.74, 6) is -1.28. The minimum atomic E-state index is -1.03. The first-order valence-corrected chi connectivity index (χ1v) is 6.56. The molecule has 0 aliphatic rings. The Morgan fingerprint density at radius 3 is 2.81 bits per heavy atom. The highest BCUT2D eigenvalue weighted by Crippen LogP contribution is 2.28. The molecule has 21 heavy (non-hydrogen) atoms. The Morgan fingerprint density at radius 1 is 1.29 bits per heavy atom. The molecular weight excluding hydrogens is 295 g/mol. The molecule has 0 atom stereocenters. The highest BCUT2D eigenvalue weighted by Gasteiger charge is 2.17. The molecule has 3 rings (SSSR count). The van der Waals surface area contributed by atoms with Crippen LogP contribution in [0, 0.1) is 5.82 Å². The normalized spacial score (nSPS) is 11.0. The van der Waals surface area contributed by atoms with Gasteiger partial charge in [-0.25, -0.2) is 9.37 Å². The lowest BCUT2D eigenvalue weighted by molar-refractivity contribution is -0.137. The van der Waals surface area contributed by atoms with E-state index in [1.165, 1.54) is 22.8 Å². The Hall–Kier alpha value is -2.40. The van der Waals surface area contributed by atoms with Crippen molar-refractivity contribution >= 4 is 28.6 Å². The molecule has 0 aliphatic heterocycles. The summed E-state index contributed by atoms with van der Waals surface area (Å²) in [6.45, 7) is -0.304. The fourth-order valence-electron chi connectivity index (χ4n) is 2.25. The maximum absolute atomic E-state index is 14.0. The van der Waals surface area contributed by atoms with E-state index in [2.05, 4.69) is 4.98 Å². The molecule has 0 spiro atoms. The van der Waals surface area contributed by atoms with Gasteiger partial charge in [-0.3, -0.25) is 4.79 Å². The quantitative estimate of drug-likeness (QED) is 0.804. The lowest BCUT2D eigenvalue weighted by Crippen LogP contribution is -2.10. The Kier molecular flexibility index (Phi) is 3.35. The van der Waals surface area contributed by atoms with Crippen LogP contribution in [-0.4, -0.2) is 20.6 Å². The number of hydrogen-bond acceptors (Lipinski definition) is 2. The molecule has 0 unspecified atom stereocenters. The first-order chi connectivity index (χ1) is 10.1. The number of hydrogen-bond donors (Lipinski definition) is 1. The van der Waals surface area contributed by atoms with Crippen LogP contribution in [0.2, 0.25) is 5.02 Å². The first-order valence-electron chi connectivity index (χ1n) is 6.19. The van der Waals surface area contributed by atoms with Crippen LogP contribution < -0.4 is 0 Å². The predicted molar refractivity (Wildman–Crippen MR) is 77.8 cm³/mol. The zero-order valence-corrected chi connectivity index (χ0v) is 11.5. The van der Waals surface area contributed by atoms with Crippen molar-refractivity contribution in [2.45, 2.75) is 6.54 Å². The Balaban J connectivity index is 2.30. The largest absolute Gasteiger partial charge is 0.480 e. The number of fused-ring (bicyclic) bond motifs is 1. The van der Waals surface area contributed by atoms with Crippen molar-refractivity contribution in [1.29, 1.82) is 0 Å². The first kappa shape index (κ1) is 13.6. The van der Waals surface area contributed by atoms with Crippen molar-refractivity contribution in [3.05, 3.63) is 53.3 Å². The molecule has 1 heterocycles. The van der Waals surface area contributed by atoms with Crippen LogP contribution in [0.15, 0.2) is 42.5 Å². The molecule has 0 aliphatic carbocycles. The maximum Gasteiger partial charge on any atom is 0.323 e. The Morgan fingerprint density at radius 2 is 2.05 bits per heavy atom. The van der Waals surface area contributed by atoms with Crippen LogP contribution in [-0.2, 0) is 11.3 Å². The summed E-state index contributed by atoms with van der Waals surface area (Å²) < 4.78 is 15.5. The minimum absolute atomic E-state index is 0.181. The third kappa shape index (κ3) is 2.48. The van der Waals surface area contributed by atoms with Crippen molar-refractivity contribution in [1.82, 2.24) is 9.55 Å². The van der Waals surface area contributed by atoms with E-state index in [1.54, 1.807) is 24.3 Å². The summed E-state index contributed by atoms with van der Waals surface area (Å²) in [5, 5.41) is 9.43. The van der Waals surface area contributed by atoms with Crippen molar-refractivity contribution in [2.24, 2.45) is 0 Å². The molecule has 4 nitrogen and oxygen atoms in total. The number of nitrogens with zero attached hydrogens (tertiary/aromatic N) is 2. The third-order valence-electron chi connectivity index (χ3n) is 3.12. The molecule has 0 amide bonds. The molecule has 3 aromatic rings. The molecule has 106 valence electrons. The van der Waals surface area contributed by atoms with E-state index in [0.717, 1.165) is 0 Å². The predicted octanol–water partition coefficient (Wildman–Crippen LogP) is 3.58. The second-order valence-electron chi connectivity index (χ2n) is 4.53. The zero-order valence-electron chi connectivity index (χ0n) is 10.8. The smallest absolute Gasteiger partial charge is 0.323 e. The number of benzene rings is 2. The van der Waals surface area contributed by atoms with E-state index in [0.29, 0.717) is 16.1 Å². The van der Waals surface area contributed by atoms with Crippen LogP contribution in [0.3, 0.4) is 0 Å². The molecule has 1 aromatic heterocycles. The van der Waals surface area contributed by atoms with Crippen LogP contribution in [0.5, 0.6) is 0 Å². The SMILES string of the molecule is O=C(O)Cn1c(-c2cc(Cl)ccc2F)nc2ccccc21. The number of imidazole rings is 1. The van der Waals surface area contributed by atoms with Gasteiger partial charge >= 0.3 is 5.97 Å². The highest BCUT2D eigenvalue weighted by atomic mass is 35.5. The maximum atomic E-state index is 14.0. The summed E-state index contributed by atoms with van der Waals surface area (Å²) in [7, 11) is 0. The van der Waals surface area contributed by atoms with Crippen molar-refractivity contribution in [3.8, 4) is 11.4 Å². The number of aromatic nitrogens is 2. The second-order valence-corrected chi connectivity index (χ2v) is 4.96. The summed E-state index contributed by atoms with van der Waals surface area (Å²) >= 11 is 5.90. The molecule has 0 fully saturated rings. The van der Waals surface area contributed by atoms with E-state index in [-0.39, 0.29) is 17.9 Å². The van der Waals surface area contributed by atoms with Gasteiger partial charge in [-0.1, -0.05) is 23.7 Å². The van der Waals surface area contributed by atoms with Crippen LogP contribution in [0.25, 0.3) is 22.4 Å². The fraction of sp³-hybridized carbons (Fsp3) is 0.0667. The summed E-state index contributed by atoms with van der Waals surface area (Å²) in [4.78, 5) is 15.4. The highest BCUT2D eigenvalue weighted by molar-refractivity contribution is 6.30. The zero-order chi connectivity index (χ0) is 15.0. The molecule has 6 heteroatoms. The molecule has 0 saturated heterocycles. The van der Waals surface area contributed by atoms with E-state index in [1.807, 2.05) is 0 Å². The fourth-order valence-corrected chi connectivity index (χ4v) is 2.42. The van der Waals surface area contributed by atoms with Gasteiger partial charge in [0.15, 0.2) is 0 Å². The van der Waals surface area contributed by atoms with Crippen molar-refractivity contribution in [3.63, 3.8) is 0 Å². The topological polar surface area (TPSA) is 55.1 Å². The van der Waals surface area contributed by atoms with E-state index in [9.17, 15) is 9.18 Å². The number of halogens is 2. The molecule has 0 bridgehead atoms. The van der Waals surface area contributed by atoms with Gasteiger partial charge in [0.2, 0.25) is 0 Å². The lowest BCUT2D eigenvalue weighted by Gasteiger charge is -2.07. The van der Waals surface area contributed by atoms with E-state index in [4.69, 9.17) is 16.7 Å². The van der Waals surface area contributed by atoms with Gasteiger partial charge in [-0.15, -0.1) is 0 Å². The number of carboxylic acids is 1. The van der Waals surface area contributed by atoms with Crippen LogP contribution in [0.4, 0.5) is 4.39 Å². The van der Waals surface area contributed by atoms with Gasteiger partial charge in [-0.05, 0) is 30.3 Å². The third-order valence-corrected chi connectivity index (χ3v) is 3.35. The average Bonchev–Trinajstić information content (AvgIpc) is 2.80. The number of aliphatic carboxylic acids is 1. The van der Waals surface area contributed by atoms with Gasteiger partial charge in [0.25, 0.3) is 0 Å². The molecule has 0 saturated carbocycles. The Labute approximate surface area is 124 Å². The average molecular weight is 305 g/mol. The lowest BCUT2D eigenvalue weighted by atomic mass is 10.2. The summed E-state index contributed by atoms with van der Waals surface area (Å²) in [5.41, 5.74) is 1.42. The standard InChI is InChI=1S/C15H10ClFN2O2/c16-9-5-6-11(17)10(7-9)15-18-12-3-1-2-4-13(12)19(15)8-14(20)21/h1-7H,8H2,(H,20,21). The Bertz CT molecular complexity index is 845. The second kappa shape index (κ2) is 5.18. The number of carboxylic acid groups (broad SMARTS) is 1. The molecule has 0 radical (unpaired) electrons. The van der Waals surface area contributed by atoms with Gasteiger partial charge in [0, 0.05) is 5.02 Å². The van der Waals surface area contributed by atoms with Gasteiger partial charge in [0.05, 0.1) is 16.6 Å². The van der Waals surface area contributed by atoms with Crippen LogP contribution in [0.1, 0.15) is 0 Å². The monoisotopic (exact) mass is 304 g/mol. The number of carbonyl (C=O) groups is 1.